The van der Waals surface area contributed by atoms with Crippen LogP contribution in [0.4, 0.5) is 17.1 Å². The molecule has 0 saturated heterocycles. The maximum absolute atomic E-state index is 12.9. The van der Waals surface area contributed by atoms with Crippen molar-refractivity contribution in [3.05, 3.63) is 53.6 Å². The minimum atomic E-state index is -3.44. The van der Waals surface area contributed by atoms with Gasteiger partial charge in [0.25, 0.3) is 0 Å². The normalized spacial score (nSPS) is 15.6. The van der Waals surface area contributed by atoms with Crippen molar-refractivity contribution in [2.75, 3.05) is 49.7 Å². The number of aliphatic imine (C=N–C) groups is 1. The van der Waals surface area contributed by atoms with Crippen LogP contribution in [0.25, 0.3) is 0 Å². The number of rotatable bonds is 11. The fourth-order valence-electron chi connectivity index (χ4n) is 4.09. The van der Waals surface area contributed by atoms with E-state index < -0.39 is 21.9 Å². The monoisotopic (exact) mass is 514 g/mol. The van der Waals surface area contributed by atoms with Gasteiger partial charge < -0.3 is 15.0 Å². The van der Waals surface area contributed by atoms with Crippen molar-refractivity contribution in [3.8, 4) is 0 Å². The number of likely N-dealkylation sites (N-methyl/N-ethyl adjacent to an activating group) is 1. The molecule has 0 aliphatic carbocycles. The Bertz CT molecular complexity index is 1240. The highest BCUT2D eigenvalue weighted by Crippen LogP contribution is 2.36. The van der Waals surface area contributed by atoms with Gasteiger partial charge in [0, 0.05) is 24.5 Å². The summed E-state index contributed by atoms with van der Waals surface area (Å²) in [6.07, 6.45) is 2.60. The predicted octanol–water partition coefficient (Wildman–Crippen LogP) is 3.80. The fraction of sp³-hybridized carbons (Fsp3) is 0.423. The molecule has 0 saturated carbocycles. The zero-order valence-corrected chi connectivity index (χ0v) is 22.3. The van der Waals surface area contributed by atoms with Gasteiger partial charge in [-0.3, -0.25) is 14.1 Å². The number of hydrogen-bond acceptors (Lipinski definition) is 7. The van der Waals surface area contributed by atoms with E-state index >= 15 is 0 Å². The van der Waals surface area contributed by atoms with E-state index in [1.807, 2.05) is 25.9 Å². The van der Waals surface area contributed by atoms with Crippen LogP contribution in [-0.4, -0.2) is 71.0 Å². The zero-order valence-electron chi connectivity index (χ0n) is 21.4. The summed E-state index contributed by atoms with van der Waals surface area (Å²) in [6.45, 7) is 4.95. The summed E-state index contributed by atoms with van der Waals surface area (Å²) in [5.74, 6) is -1.19. The average Bonchev–Trinajstić information content (AvgIpc) is 3.13. The van der Waals surface area contributed by atoms with Crippen LogP contribution in [0, 0.1) is 0 Å². The molecule has 0 radical (unpaired) electrons. The molecule has 0 fully saturated rings. The van der Waals surface area contributed by atoms with Crippen LogP contribution in [0.5, 0.6) is 0 Å². The maximum Gasteiger partial charge on any atom is 0.338 e. The first-order valence-corrected chi connectivity index (χ1v) is 13.8. The van der Waals surface area contributed by atoms with Crippen LogP contribution in [0.2, 0.25) is 0 Å². The van der Waals surface area contributed by atoms with Crippen LogP contribution < -0.4 is 9.62 Å². The number of anilines is 2. The van der Waals surface area contributed by atoms with Crippen LogP contribution in [0.3, 0.4) is 0 Å². The van der Waals surface area contributed by atoms with E-state index in [-0.39, 0.29) is 12.5 Å². The van der Waals surface area contributed by atoms with Gasteiger partial charge in [0.2, 0.25) is 15.9 Å². The van der Waals surface area contributed by atoms with E-state index in [1.165, 1.54) is 10.6 Å². The number of fused-ring (bicyclic) bond motifs is 1. The third-order valence-corrected chi connectivity index (χ3v) is 6.99. The van der Waals surface area contributed by atoms with Crippen LogP contribution in [-0.2, 0) is 19.6 Å². The fourth-order valence-corrected chi connectivity index (χ4v) is 5.01. The van der Waals surface area contributed by atoms with Crippen LogP contribution in [0.15, 0.2) is 47.5 Å². The molecular formula is C26H34N4O5S. The van der Waals surface area contributed by atoms with Gasteiger partial charge in [0.05, 0.1) is 29.8 Å². The molecule has 1 aliphatic rings. The summed E-state index contributed by atoms with van der Waals surface area (Å²) < 4.78 is 31.1. The number of carbonyl (C=O) groups excluding carboxylic acids is 2. The number of carbonyl (C=O) groups is 2. The molecule has 36 heavy (non-hydrogen) atoms. The summed E-state index contributed by atoms with van der Waals surface area (Å²) in [5.41, 5.74) is 3.63. The third kappa shape index (κ3) is 6.50. The van der Waals surface area contributed by atoms with Gasteiger partial charge in [-0.2, -0.15) is 0 Å². The Morgan fingerprint density at radius 3 is 2.36 bits per heavy atom. The second-order valence-corrected chi connectivity index (χ2v) is 10.9. The summed E-state index contributed by atoms with van der Waals surface area (Å²) in [4.78, 5) is 31.8. The summed E-state index contributed by atoms with van der Waals surface area (Å²) in [7, 11) is 0.342. The lowest BCUT2D eigenvalue weighted by Gasteiger charge is -2.24. The quantitative estimate of drug-likeness (QED) is 0.361. The lowest BCUT2D eigenvalue weighted by Crippen LogP contribution is -2.35. The largest absolute Gasteiger partial charge is 0.462 e. The van der Waals surface area contributed by atoms with Gasteiger partial charge in [-0.1, -0.05) is 19.4 Å². The number of nitrogens with zero attached hydrogens (tertiary/aromatic N) is 3. The van der Waals surface area contributed by atoms with Crippen molar-refractivity contribution in [2.45, 2.75) is 32.6 Å². The smallest absolute Gasteiger partial charge is 0.338 e. The van der Waals surface area contributed by atoms with E-state index in [2.05, 4.69) is 5.32 Å². The Morgan fingerprint density at radius 1 is 1.08 bits per heavy atom. The first-order valence-electron chi connectivity index (χ1n) is 12.0. The van der Waals surface area contributed by atoms with Gasteiger partial charge in [0.15, 0.2) is 0 Å². The maximum atomic E-state index is 12.9. The molecule has 1 N–H and O–H groups in total. The molecule has 0 bridgehead atoms. The topological polar surface area (TPSA) is 108 Å². The molecule has 1 unspecified atom stereocenters. The highest BCUT2D eigenvalue weighted by atomic mass is 32.2. The second-order valence-electron chi connectivity index (χ2n) is 8.95. The van der Waals surface area contributed by atoms with Crippen molar-refractivity contribution in [3.63, 3.8) is 0 Å². The second kappa shape index (κ2) is 11.7. The molecule has 9 nitrogen and oxygen atoms in total. The number of hydrogen-bond donors (Lipinski definition) is 1. The Kier molecular flexibility index (Phi) is 8.86. The Labute approximate surface area is 213 Å². The molecule has 2 aromatic rings. The third-order valence-electron chi connectivity index (χ3n) is 5.80. The highest BCUT2D eigenvalue weighted by molar-refractivity contribution is 7.92. The number of esters is 1. The molecule has 1 heterocycles. The number of benzene rings is 2. The standard InChI is InChI=1S/C26H34N4O5S/c1-6-8-22(24-21-14-9-18(26(32)35-7-2)17-23(21)28-25(24)31)27-19-10-12-20(13-11-19)30(36(5,33)34)16-15-29(3)4/h9-14,17,24H,6-8,15-16H2,1-5H3,(H,28,31). The lowest BCUT2D eigenvalue weighted by atomic mass is 9.92. The molecule has 0 aromatic heterocycles. The van der Waals surface area contributed by atoms with Gasteiger partial charge in [-0.25, -0.2) is 13.2 Å². The Hall–Kier alpha value is -3.24. The molecule has 2 aromatic carbocycles. The zero-order chi connectivity index (χ0) is 26.5. The average molecular weight is 515 g/mol. The van der Waals surface area contributed by atoms with Gasteiger partial charge >= 0.3 is 5.97 Å². The molecule has 194 valence electrons. The lowest BCUT2D eigenvalue weighted by molar-refractivity contribution is -0.115. The molecule has 1 amide bonds. The van der Waals surface area contributed by atoms with Crippen molar-refractivity contribution >= 4 is 44.7 Å². The van der Waals surface area contributed by atoms with Crippen molar-refractivity contribution in [1.82, 2.24) is 4.90 Å². The number of sulfonamides is 1. The van der Waals surface area contributed by atoms with E-state index in [1.54, 1.807) is 49.4 Å². The minimum Gasteiger partial charge on any atom is -0.462 e. The van der Waals surface area contributed by atoms with Crippen molar-refractivity contribution in [1.29, 1.82) is 0 Å². The molecule has 3 rings (SSSR count). The van der Waals surface area contributed by atoms with Crippen molar-refractivity contribution < 1.29 is 22.7 Å². The van der Waals surface area contributed by atoms with Gasteiger partial charge in [-0.15, -0.1) is 0 Å². The Balaban J connectivity index is 1.91. The summed E-state index contributed by atoms with van der Waals surface area (Å²) >= 11 is 0. The summed E-state index contributed by atoms with van der Waals surface area (Å²) in [5, 5.41) is 2.87. The van der Waals surface area contributed by atoms with Crippen LogP contribution in [0.1, 0.15) is 48.5 Å². The van der Waals surface area contributed by atoms with Crippen LogP contribution >= 0.6 is 0 Å². The molecule has 0 spiro atoms. The minimum absolute atomic E-state index is 0.193. The number of ether oxygens (including phenoxy) is 1. The molecular weight excluding hydrogens is 480 g/mol. The first-order chi connectivity index (χ1) is 17.0. The first kappa shape index (κ1) is 27.3. The number of amides is 1. The highest BCUT2D eigenvalue weighted by Gasteiger charge is 2.34. The number of nitrogens with one attached hydrogen (secondary N) is 1. The molecule has 10 heteroatoms. The van der Waals surface area contributed by atoms with Gasteiger partial charge in [-0.05, 0) is 69.4 Å². The van der Waals surface area contributed by atoms with E-state index in [0.29, 0.717) is 47.8 Å². The predicted molar refractivity (Wildman–Crippen MR) is 143 cm³/mol. The van der Waals surface area contributed by atoms with E-state index in [9.17, 15) is 18.0 Å². The van der Waals surface area contributed by atoms with E-state index in [0.717, 1.165) is 12.0 Å². The van der Waals surface area contributed by atoms with Gasteiger partial charge in [0.1, 0.15) is 5.92 Å². The Morgan fingerprint density at radius 2 is 1.78 bits per heavy atom. The van der Waals surface area contributed by atoms with E-state index in [4.69, 9.17) is 9.73 Å². The van der Waals surface area contributed by atoms with Crippen molar-refractivity contribution in [2.24, 2.45) is 4.99 Å². The molecule has 1 atom stereocenters. The molecule has 1 aliphatic heterocycles. The summed E-state index contributed by atoms with van der Waals surface area (Å²) in [6, 6.07) is 12.0. The SMILES string of the molecule is CCCC(=Nc1ccc(N(CCN(C)C)S(C)(=O)=O)cc1)C1C(=O)Nc2cc(C(=O)OCC)ccc21.